The Morgan fingerprint density at radius 2 is 1.77 bits per heavy atom. The summed E-state index contributed by atoms with van der Waals surface area (Å²) < 4.78 is 12.0. The van der Waals surface area contributed by atoms with Gasteiger partial charge in [-0.3, -0.25) is 0 Å². The second-order valence-electron chi connectivity index (χ2n) is 8.95. The molecule has 0 spiro atoms. The van der Waals surface area contributed by atoms with Crippen LogP contribution in [0.5, 0.6) is 0 Å². The van der Waals surface area contributed by atoms with Crippen molar-refractivity contribution >= 4 is 35.4 Å². The van der Waals surface area contributed by atoms with E-state index in [1.165, 1.54) is 12.8 Å². The lowest BCUT2D eigenvalue weighted by molar-refractivity contribution is 0.0677. The van der Waals surface area contributed by atoms with Crippen LogP contribution in [0.2, 0.25) is 0 Å². The highest BCUT2D eigenvalue weighted by Gasteiger charge is 2.24. The molecule has 3 unspecified atom stereocenters. The fourth-order valence-electron chi connectivity index (χ4n) is 3.15. The van der Waals surface area contributed by atoms with E-state index in [0.717, 1.165) is 30.3 Å². The molecule has 1 aromatic heterocycles. The standard InChI is InChI=1S/C22H41N5O2S2/c1-8-9-17(6)10-18-24-21(23-11-15(2)3)26-22(25-18)27(7)14-28-19-12-31-20(13-30-19)29-16(4)5/h15-17,19-20H,8-14H2,1-7H3,(H,23,24,25,26). The van der Waals surface area contributed by atoms with E-state index in [9.17, 15) is 0 Å². The Morgan fingerprint density at radius 1 is 1.06 bits per heavy atom. The first-order valence-corrected chi connectivity index (χ1v) is 13.6. The van der Waals surface area contributed by atoms with Gasteiger partial charge in [-0.05, 0) is 25.7 Å². The number of hydrogen-bond acceptors (Lipinski definition) is 9. The number of nitrogens with zero attached hydrogens (tertiary/aromatic N) is 4. The van der Waals surface area contributed by atoms with Gasteiger partial charge in [0.15, 0.2) is 0 Å². The minimum Gasteiger partial charge on any atom is -0.364 e. The molecule has 7 nitrogen and oxygen atoms in total. The second kappa shape index (κ2) is 13.7. The number of nitrogens with one attached hydrogen (secondary N) is 1. The van der Waals surface area contributed by atoms with Gasteiger partial charge < -0.3 is 19.7 Å². The molecule has 2 rings (SSSR count). The molecule has 1 fully saturated rings. The second-order valence-corrected chi connectivity index (χ2v) is 11.3. The molecule has 2 heterocycles. The Hall–Kier alpha value is -0.770. The summed E-state index contributed by atoms with van der Waals surface area (Å²) in [6.45, 7) is 14.3. The molecule has 0 radical (unpaired) electrons. The van der Waals surface area contributed by atoms with Gasteiger partial charge in [0.25, 0.3) is 0 Å². The summed E-state index contributed by atoms with van der Waals surface area (Å²) >= 11 is 3.66. The normalized spacial score (nSPS) is 20.3. The quantitative estimate of drug-likeness (QED) is 0.405. The highest BCUT2D eigenvalue weighted by Crippen LogP contribution is 2.32. The van der Waals surface area contributed by atoms with Gasteiger partial charge in [-0.2, -0.15) is 15.0 Å². The van der Waals surface area contributed by atoms with E-state index in [2.05, 4.69) is 56.8 Å². The molecule has 0 saturated carbocycles. The van der Waals surface area contributed by atoms with Crippen LogP contribution in [0.1, 0.15) is 60.2 Å². The summed E-state index contributed by atoms with van der Waals surface area (Å²) in [5, 5.41) is 3.36. The first-order chi connectivity index (χ1) is 14.8. The van der Waals surface area contributed by atoms with Crippen molar-refractivity contribution in [3.63, 3.8) is 0 Å². The summed E-state index contributed by atoms with van der Waals surface area (Å²) in [6, 6.07) is 0. The zero-order valence-corrected chi connectivity index (χ0v) is 21.9. The molecule has 0 bridgehead atoms. The van der Waals surface area contributed by atoms with Gasteiger partial charge in [0.2, 0.25) is 11.9 Å². The van der Waals surface area contributed by atoms with Crippen molar-refractivity contribution in [2.24, 2.45) is 11.8 Å². The molecule has 1 aromatic rings. The number of anilines is 2. The summed E-state index contributed by atoms with van der Waals surface area (Å²) in [5.41, 5.74) is 0.414. The Kier molecular flexibility index (Phi) is 11.7. The average molecular weight is 472 g/mol. The van der Waals surface area contributed by atoms with E-state index in [1.54, 1.807) is 0 Å². The minimum atomic E-state index is 0.156. The van der Waals surface area contributed by atoms with E-state index >= 15 is 0 Å². The molecule has 3 atom stereocenters. The van der Waals surface area contributed by atoms with Crippen molar-refractivity contribution in [2.75, 3.05) is 42.0 Å². The van der Waals surface area contributed by atoms with Gasteiger partial charge in [0.05, 0.1) is 6.10 Å². The lowest BCUT2D eigenvalue weighted by Gasteiger charge is -2.30. The molecular weight excluding hydrogens is 430 g/mol. The van der Waals surface area contributed by atoms with E-state index in [1.807, 2.05) is 35.5 Å². The third kappa shape index (κ3) is 10.1. The van der Waals surface area contributed by atoms with Crippen LogP contribution in [0.3, 0.4) is 0 Å². The van der Waals surface area contributed by atoms with Gasteiger partial charge in [-0.15, -0.1) is 23.5 Å². The first-order valence-electron chi connectivity index (χ1n) is 11.5. The topological polar surface area (TPSA) is 72.4 Å². The van der Waals surface area contributed by atoms with Crippen molar-refractivity contribution in [1.29, 1.82) is 0 Å². The van der Waals surface area contributed by atoms with Crippen LogP contribution >= 0.6 is 23.5 Å². The molecular formula is C22H41N5O2S2. The summed E-state index contributed by atoms with van der Waals surface area (Å²) in [7, 11) is 1.98. The Balaban J connectivity index is 1.96. The predicted molar refractivity (Wildman–Crippen MR) is 134 cm³/mol. The molecule has 0 aromatic carbocycles. The first kappa shape index (κ1) is 26.5. The fraction of sp³-hybridized carbons (Fsp3) is 0.864. The lowest BCUT2D eigenvalue weighted by atomic mass is 10.0. The molecule has 1 aliphatic heterocycles. The van der Waals surface area contributed by atoms with Crippen molar-refractivity contribution in [2.45, 2.75) is 77.8 Å². The van der Waals surface area contributed by atoms with Crippen LogP contribution in [-0.2, 0) is 15.9 Å². The number of aromatic nitrogens is 3. The molecule has 178 valence electrons. The van der Waals surface area contributed by atoms with E-state index < -0.39 is 0 Å². The van der Waals surface area contributed by atoms with Crippen molar-refractivity contribution in [3.05, 3.63) is 5.82 Å². The van der Waals surface area contributed by atoms with E-state index in [0.29, 0.717) is 30.5 Å². The predicted octanol–water partition coefficient (Wildman–Crippen LogP) is 4.89. The lowest BCUT2D eigenvalue weighted by Crippen LogP contribution is -2.32. The summed E-state index contributed by atoms with van der Waals surface area (Å²) in [4.78, 5) is 16.0. The Labute approximate surface area is 197 Å². The summed E-state index contributed by atoms with van der Waals surface area (Å²) in [6.07, 6.45) is 3.47. The van der Waals surface area contributed by atoms with Crippen LogP contribution in [0, 0.1) is 11.8 Å². The third-order valence-electron chi connectivity index (χ3n) is 4.71. The van der Waals surface area contributed by atoms with Crippen LogP contribution in [0.4, 0.5) is 11.9 Å². The van der Waals surface area contributed by atoms with Crippen molar-refractivity contribution < 1.29 is 9.47 Å². The number of ether oxygens (including phenoxy) is 2. The van der Waals surface area contributed by atoms with Gasteiger partial charge in [-0.1, -0.05) is 40.5 Å². The van der Waals surface area contributed by atoms with Gasteiger partial charge in [-0.25, -0.2) is 0 Å². The molecule has 0 amide bonds. The number of rotatable bonds is 13. The molecule has 31 heavy (non-hydrogen) atoms. The number of hydrogen-bond donors (Lipinski definition) is 1. The Bertz CT molecular complexity index is 642. The third-order valence-corrected chi connectivity index (χ3v) is 7.44. The zero-order valence-electron chi connectivity index (χ0n) is 20.3. The minimum absolute atomic E-state index is 0.156. The van der Waals surface area contributed by atoms with Crippen molar-refractivity contribution in [3.8, 4) is 0 Å². The maximum Gasteiger partial charge on any atom is 0.231 e. The monoisotopic (exact) mass is 471 g/mol. The maximum atomic E-state index is 6.14. The molecule has 0 aliphatic carbocycles. The molecule has 9 heteroatoms. The van der Waals surface area contributed by atoms with E-state index in [4.69, 9.17) is 14.5 Å². The number of thioether (sulfide) groups is 2. The van der Waals surface area contributed by atoms with Crippen LogP contribution in [0.25, 0.3) is 0 Å². The van der Waals surface area contributed by atoms with Crippen LogP contribution in [0.15, 0.2) is 0 Å². The maximum absolute atomic E-state index is 6.14. The van der Waals surface area contributed by atoms with Gasteiger partial charge >= 0.3 is 0 Å². The zero-order chi connectivity index (χ0) is 22.8. The van der Waals surface area contributed by atoms with Gasteiger partial charge in [0, 0.05) is 31.5 Å². The molecule has 1 saturated heterocycles. The van der Waals surface area contributed by atoms with E-state index in [-0.39, 0.29) is 17.0 Å². The Morgan fingerprint density at radius 3 is 2.39 bits per heavy atom. The SMILES string of the molecule is CCCC(C)Cc1nc(NCC(C)C)nc(N(C)COC2CSC(OC(C)C)CS2)n1. The highest BCUT2D eigenvalue weighted by atomic mass is 32.2. The average Bonchev–Trinajstić information content (AvgIpc) is 2.71. The fourth-order valence-corrected chi connectivity index (χ4v) is 5.77. The molecule has 1 aliphatic rings. The summed E-state index contributed by atoms with van der Waals surface area (Å²) in [5.74, 6) is 5.11. The smallest absolute Gasteiger partial charge is 0.231 e. The largest absolute Gasteiger partial charge is 0.364 e. The van der Waals surface area contributed by atoms with Gasteiger partial charge in [0.1, 0.15) is 23.4 Å². The van der Waals surface area contributed by atoms with Crippen LogP contribution in [-0.4, -0.2) is 63.8 Å². The molecule has 1 N–H and O–H groups in total. The van der Waals surface area contributed by atoms with Crippen molar-refractivity contribution in [1.82, 2.24) is 15.0 Å². The van der Waals surface area contributed by atoms with Crippen LogP contribution < -0.4 is 10.2 Å². The highest BCUT2D eigenvalue weighted by molar-refractivity contribution is 8.06.